The molecule has 0 fully saturated rings. The van der Waals surface area contributed by atoms with Gasteiger partial charge in [-0.15, -0.1) is 0 Å². The summed E-state index contributed by atoms with van der Waals surface area (Å²) in [5, 5.41) is 2.76. The minimum atomic E-state index is -0.340. The lowest BCUT2D eigenvalue weighted by atomic mass is 10.1. The summed E-state index contributed by atoms with van der Waals surface area (Å²) < 4.78 is 10.9. The smallest absolute Gasteiger partial charge is 0.338 e. The van der Waals surface area contributed by atoms with Crippen LogP contribution in [-0.4, -0.2) is 25.1 Å². The van der Waals surface area contributed by atoms with E-state index in [1.807, 2.05) is 32.0 Å². The molecular formula is C23H29NO4. The number of ether oxygens (including phenoxy) is 2. The van der Waals surface area contributed by atoms with Gasteiger partial charge in [0, 0.05) is 5.69 Å². The summed E-state index contributed by atoms with van der Waals surface area (Å²) in [6, 6.07) is 12.5. The molecular weight excluding hydrogens is 354 g/mol. The van der Waals surface area contributed by atoms with Crippen molar-refractivity contribution in [1.29, 1.82) is 0 Å². The van der Waals surface area contributed by atoms with Crippen molar-refractivity contribution in [3.05, 3.63) is 59.2 Å². The quantitative estimate of drug-likeness (QED) is 0.460. The van der Waals surface area contributed by atoms with Crippen molar-refractivity contribution < 1.29 is 19.1 Å². The summed E-state index contributed by atoms with van der Waals surface area (Å²) in [6.45, 7) is 6.42. The zero-order valence-corrected chi connectivity index (χ0v) is 16.9. The van der Waals surface area contributed by atoms with E-state index in [1.54, 1.807) is 24.3 Å². The molecule has 0 spiro atoms. The first-order chi connectivity index (χ1) is 13.5. The second-order valence-electron chi connectivity index (χ2n) is 6.88. The Morgan fingerprint density at radius 3 is 2.43 bits per heavy atom. The Hall–Kier alpha value is -2.82. The van der Waals surface area contributed by atoms with Crippen LogP contribution >= 0.6 is 0 Å². The second-order valence-corrected chi connectivity index (χ2v) is 6.88. The number of hydrogen-bond acceptors (Lipinski definition) is 4. The average molecular weight is 383 g/mol. The van der Waals surface area contributed by atoms with E-state index in [4.69, 9.17) is 9.47 Å². The minimum absolute atomic E-state index is 0.0775. The van der Waals surface area contributed by atoms with E-state index in [0.29, 0.717) is 23.6 Å². The molecule has 0 unspecified atom stereocenters. The third-order valence-corrected chi connectivity index (χ3v) is 4.34. The number of anilines is 1. The number of esters is 1. The van der Waals surface area contributed by atoms with Gasteiger partial charge in [-0.25, -0.2) is 4.79 Å². The molecule has 0 bridgehead atoms. The Bertz CT molecular complexity index is 784. The Balaban J connectivity index is 1.78. The lowest BCUT2D eigenvalue weighted by Gasteiger charge is -2.11. The number of unbranched alkanes of at least 4 members (excludes halogenated alkanes) is 3. The molecule has 0 radical (unpaired) electrons. The highest BCUT2D eigenvalue weighted by atomic mass is 16.5. The predicted octanol–water partition coefficient (Wildman–Crippen LogP) is 5.06. The van der Waals surface area contributed by atoms with Crippen molar-refractivity contribution in [2.45, 2.75) is 46.5 Å². The maximum Gasteiger partial charge on any atom is 0.338 e. The van der Waals surface area contributed by atoms with Gasteiger partial charge < -0.3 is 14.8 Å². The number of aryl methyl sites for hydroxylation is 2. The molecule has 0 atom stereocenters. The van der Waals surface area contributed by atoms with Crippen molar-refractivity contribution in [3.8, 4) is 5.75 Å². The molecule has 2 rings (SSSR count). The first-order valence-corrected chi connectivity index (χ1v) is 9.76. The summed E-state index contributed by atoms with van der Waals surface area (Å²) >= 11 is 0. The fourth-order valence-corrected chi connectivity index (χ4v) is 2.67. The first kappa shape index (κ1) is 21.5. The number of carbonyl (C=O) groups is 2. The number of benzene rings is 2. The Labute approximate surface area is 167 Å². The van der Waals surface area contributed by atoms with E-state index in [-0.39, 0.29) is 18.5 Å². The molecule has 1 amide bonds. The van der Waals surface area contributed by atoms with Crippen LogP contribution in [0.15, 0.2) is 42.5 Å². The van der Waals surface area contributed by atoms with Crippen LogP contribution in [-0.2, 0) is 9.53 Å². The van der Waals surface area contributed by atoms with Crippen LogP contribution in [0.2, 0.25) is 0 Å². The van der Waals surface area contributed by atoms with Crippen LogP contribution in [0.25, 0.3) is 0 Å². The summed E-state index contributed by atoms with van der Waals surface area (Å²) in [5.74, 6) is 0.104. The van der Waals surface area contributed by atoms with Crippen molar-refractivity contribution in [1.82, 2.24) is 0 Å². The lowest BCUT2D eigenvalue weighted by Crippen LogP contribution is -2.20. The van der Waals surface area contributed by atoms with Crippen LogP contribution in [0, 0.1) is 13.8 Å². The summed E-state index contributed by atoms with van der Waals surface area (Å²) in [4.78, 5) is 24.1. The van der Waals surface area contributed by atoms with Crippen molar-refractivity contribution in [2.24, 2.45) is 0 Å². The summed E-state index contributed by atoms with van der Waals surface area (Å²) in [5.41, 5.74) is 3.14. The molecule has 0 aliphatic rings. The average Bonchev–Trinajstić information content (AvgIpc) is 2.69. The first-order valence-electron chi connectivity index (χ1n) is 9.76. The summed E-state index contributed by atoms with van der Waals surface area (Å²) in [6.07, 6.45) is 4.25. The minimum Gasteiger partial charge on any atom is -0.483 e. The number of rotatable bonds is 10. The molecule has 0 aromatic heterocycles. The zero-order chi connectivity index (χ0) is 20.4. The van der Waals surface area contributed by atoms with Gasteiger partial charge in [0.05, 0.1) is 12.2 Å². The molecule has 2 aromatic rings. The van der Waals surface area contributed by atoms with Gasteiger partial charge in [0.15, 0.2) is 6.61 Å². The molecule has 5 nitrogen and oxygen atoms in total. The van der Waals surface area contributed by atoms with E-state index < -0.39 is 0 Å². The zero-order valence-electron chi connectivity index (χ0n) is 16.9. The molecule has 0 aliphatic carbocycles. The van der Waals surface area contributed by atoms with Crippen molar-refractivity contribution in [2.75, 3.05) is 18.5 Å². The van der Waals surface area contributed by atoms with Gasteiger partial charge in [-0.05, 0) is 61.7 Å². The highest BCUT2D eigenvalue weighted by molar-refractivity contribution is 5.93. The maximum absolute atomic E-state index is 12.1. The Morgan fingerprint density at radius 1 is 0.964 bits per heavy atom. The fourth-order valence-electron chi connectivity index (χ4n) is 2.67. The molecule has 5 heteroatoms. The van der Waals surface area contributed by atoms with Gasteiger partial charge in [0.2, 0.25) is 0 Å². The topological polar surface area (TPSA) is 64.6 Å². The van der Waals surface area contributed by atoms with E-state index >= 15 is 0 Å². The van der Waals surface area contributed by atoms with Crippen LogP contribution in [0.5, 0.6) is 5.75 Å². The summed E-state index contributed by atoms with van der Waals surface area (Å²) in [7, 11) is 0. The third-order valence-electron chi connectivity index (χ3n) is 4.34. The van der Waals surface area contributed by atoms with Gasteiger partial charge in [-0.1, -0.05) is 38.3 Å². The van der Waals surface area contributed by atoms with Crippen LogP contribution in [0.4, 0.5) is 5.69 Å². The lowest BCUT2D eigenvalue weighted by molar-refractivity contribution is -0.118. The van der Waals surface area contributed by atoms with Crippen LogP contribution < -0.4 is 10.1 Å². The molecule has 0 saturated heterocycles. The maximum atomic E-state index is 12.1. The van der Waals surface area contributed by atoms with Gasteiger partial charge >= 0.3 is 5.97 Å². The molecule has 0 saturated carbocycles. The molecule has 2 aromatic carbocycles. The van der Waals surface area contributed by atoms with Crippen molar-refractivity contribution in [3.63, 3.8) is 0 Å². The van der Waals surface area contributed by atoms with Crippen LogP contribution in [0.3, 0.4) is 0 Å². The largest absolute Gasteiger partial charge is 0.483 e. The molecule has 0 aliphatic heterocycles. The van der Waals surface area contributed by atoms with E-state index in [1.165, 1.54) is 0 Å². The SMILES string of the molecule is CCCCCCOC(=O)c1ccc(NC(=O)COc2cc(C)ccc2C)cc1. The fraction of sp³-hybridized carbons (Fsp3) is 0.391. The second kappa shape index (κ2) is 11.1. The number of amides is 1. The monoisotopic (exact) mass is 383 g/mol. The number of carbonyl (C=O) groups excluding carboxylic acids is 2. The normalized spacial score (nSPS) is 10.4. The number of hydrogen-bond donors (Lipinski definition) is 1. The molecule has 28 heavy (non-hydrogen) atoms. The van der Waals surface area contributed by atoms with E-state index in [0.717, 1.165) is 36.8 Å². The van der Waals surface area contributed by atoms with Gasteiger partial charge in [-0.2, -0.15) is 0 Å². The van der Waals surface area contributed by atoms with Gasteiger partial charge in [0.1, 0.15) is 5.75 Å². The predicted molar refractivity (Wildman–Crippen MR) is 111 cm³/mol. The number of nitrogens with one attached hydrogen (secondary N) is 1. The third kappa shape index (κ3) is 7.06. The standard InChI is InChI=1S/C23H29NO4/c1-4-5-6-7-14-27-23(26)19-10-12-20(13-11-19)24-22(25)16-28-21-15-17(2)8-9-18(21)3/h8-13,15H,4-7,14,16H2,1-3H3,(H,24,25). The van der Waals surface area contributed by atoms with Gasteiger partial charge in [0.25, 0.3) is 5.91 Å². The highest BCUT2D eigenvalue weighted by Crippen LogP contribution is 2.19. The molecule has 0 heterocycles. The Kier molecular flexibility index (Phi) is 8.53. The van der Waals surface area contributed by atoms with Gasteiger partial charge in [-0.3, -0.25) is 4.79 Å². The van der Waals surface area contributed by atoms with Crippen LogP contribution in [0.1, 0.15) is 54.1 Å². The Morgan fingerprint density at radius 2 is 1.71 bits per heavy atom. The molecule has 1 N–H and O–H groups in total. The molecule has 150 valence electrons. The highest BCUT2D eigenvalue weighted by Gasteiger charge is 2.09. The van der Waals surface area contributed by atoms with Crippen molar-refractivity contribution >= 4 is 17.6 Å². The van der Waals surface area contributed by atoms with E-state index in [9.17, 15) is 9.59 Å². The van der Waals surface area contributed by atoms with E-state index in [2.05, 4.69) is 12.2 Å².